The van der Waals surface area contributed by atoms with Gasteiger partial charge >= 0.3 is 0 Å². The van der Waals surface area contributed by atoms with E-state index in [4.69, 9.17) is 0 Å². The van der Waals surface area contributed by atoms with Crippen molar-refractivity contribution >= 4 is 11.8 Å². The Morgan fingerprint density at radius 3 is 2.82 bits per heavy atom. The summed E-state index contributed by atoms with van der Waals surface area (Å²) in [5, 5.41) is 1.46. The fraction of sp³-hybridized carbons (Fsp3) is 0.385. The van der Waals surface area contributed by atoms with Crippen molar-refractivity contribution in [3.05, 3.63) is 35.4 Å². The second kappa shape index (κ2) is 3.58. The average Bonchev–Trinajstić information content (AvgIpc) is 3.09. The summed E-state index contributed by atoms with van der Waals surface area (Å²) < 4.78 is 0. The Bertz CT molecular complexity index is 498. The maximum atomic E-state index is 11.9. The van der Waals surface area contributed by atoms with Crippen LogP contribution in [0.3, 0.4) is 0 Å². The summed E-state index contributed by atoms with van der Waals surface area (Å²) in [6, 6.07) is 7.89. The highest BCUT2D eigenvalue weighted by atomic mass is 16.2. The van der Waals surface area contributed by atoms with Crippen molar-refractivity contribution in [2.45, 2.75) is 19.9 Å². The molecule has 1 saturated heterocycles. The molecule has 2 aliphatic rings. The molecular weight excluding hydrogens is 216 g/mol. The number of carbonyl (C=O) groups is 2. The van der Waals surface area contributed by atoms with Crippen LogP contribution in [-0.4, -0.2) is 16.8 Å². The molecule has 4 heteroatoms. The van der Waals surface area contributed by atoms with Gasteiger partial charge in [0.05, 0.1) is 18.4 Å². The first kappa shape index (κ1) is 10.3. The van der Waals surface area contributed by atoms with Crippen LogP contribution >= 0.6 is 0 Å². The van der Waals surface area contributed by atoms with Gasteiger partial charge in [0.15, 0.2) is 0 Å². The second-order valence-corrected chi connectivity index (χ2v) is 4.78. The van der Waals surface area contributed by atoms with E-state index < -0.39 is 0 Å². The van der Waals surface area contributed by atoms with E-state index in [-0.39, 0.29) is 23.7 Å². The zero-order chi connectivity index (χ0) is 12.0. The lowest BCUT2D eigenvalue weighted by molar-refractivity contribution is -0.148. The number of aryl methyl sites for hydroxylation is 1. The van der Waals surface area contributed by atoms with Gasteiger partial charge < -0.3 is 0 Å². The van der Waals surface area contributed by atoms with Crippen LogP contribution in [0.5, 0.6) is 0 Å². The third-order valence-electron chi connectivity index (χ3n) is 3.55. The molecule has 3 rings (SSSR count). The van der Waals surface area contributed by atoms with Crippen molar-refractivity contribution in [3.63, 3.8) is 0 Å². The number of hydrazine groups is 1. The fourth-order valence-corrected chi connectivity index (χ4v) is 2.30. The van der Waals surface area contributed by atoms with E-state index in [0.717, 1.165) is 17.5 Å². The molecule has 2 atom stereocenters. The summed E-state index contributed by atoms with van der Waals surface area (Å²) in [6.45, 7) is 2.46. The molecule has 1 heterocycles. The molecule has 1 saturated carbocycles. The number of nitrogens with zero attached hydrogens (tertiary/aromatic N) is 1. The van der Waals surface area contributed by atoms with E-state index in [0.29, 0.717) is 6.54 Å². The normalized spacial score (nSPS) is 26.5. The summed E-state index contributed by atoms with van der Waals surface area (Å²) in [6.07, 6.45) is 0.717. The van der Waals surface area contributed by atoms with E-state index >= 15 is 0 Å². The molecule has 1 aromatic rings. The van der Waals surface area contributed by atoms with Gasteiger partial charge in [0.2, 0.25) is 11.8 Å². The van der Waals surface area contributed by atoms with Gasteiger partial charge in [-0.25, -0.2) is 5.01 Å². The second-order valence-electron chi connectivity index (χ2n) is 4.78. The van der Waals surface area contributed by atoms with Crippen LogP contribution < -0.4 is 5.43 Å². The van der Waals surface area contributed by atoms with Crippen LogP contribution in [0.4, 0.5) is 0 Å². The predicted molar refractivity (Wildman–Crippen MR) is 61.5 cm³/mol. The lowest BCUT2D eigenvalue weighted by atomic mass is 10.1. The fourth-order valence-electron chi connectivity index (χ4n) is 2.30. The number of nitrogens with one attached hydrogen (secondary N) is 1. The molecule has 88 valence electrons. The minimum absolute atomic E-state index is 0.0109. The molecule has 2 fully saturated rings. The quantitative estimate of drug-likeness (QED) is 0.824. The van der Waals surface area contributed by atoms with Crippen LogP contribution in [0.2, 0.25) is 0 Å². The number of fused-ring (bicyclic) bond motifs is 1. The maximum absolute atomic E-state index is 11.9. The number of carbonyl (C=O) groups excluding carboxylic acids is 2. The van der Waals surface area contributed by atoms with E-state index in [9.17, 15) is 9.59 Å². The lowest BCUT2D eigenvalue weighted by Gasteiger charge is -2.27. The minimum Gasteiger partial charge on any atom is -0.273 e. The van der Waals surface area contributed by atoms with Crippen LogP contribution in [-0.2, 0) is 16.1 Å². The van der Waals surface area contributed by atoms with Crippen molar-refractivity contribution in [2.75, 3.05) is 0 Å². The molecule has 0 radical (unpaired) electrons. The van der Waals surface area contributed by atoms with Crippen LogP contribution in [0.15, 0.2) is 24.3 Å². The Kier molecular flexibility index (Phi) is 2.18. The summed E-state index contributed by atoms with van der Waals surface area (Å²) in [5.41, 5.74) is 4.88. The molecule has 1 aliphatic heterocycles. The Morgan fingerprint density at radius 2 is 2.06 bits per heavy atom. The molecule has 1 aliphatic carbocycles. The molecule has 2 unspecified atom stereocenters. The first-order chi connectivity index (χ1) is 8.16. The van der Waals surface area contributed by atoms with Gasteiger partial charge in [-0.05, 0) is 24.5 Å². The van der Waals surface area contributed by atoms with Crippen LogP contribution in [0.25, 0.3) is 0 Å². The molecule has 0 spiro atoms. The predicted octanol–water partition coefficient (Wildman–Crippen LogP) is 1.00. The Labute approximate surface area is 99.6 Å². The highest BCUT2D eigenvalue weighted by molar-refractivity contribution is 5.97. The molecule has 17 heavy (non-hydrogen) atoms. The van der Waals surface area contributed by atoms with E-state index in [2.05, 4.69) is 5.43 Å². The van der Waals surface area contributed by atoms with Gasteiger partial charge in [-0.3, -0.25) is 15.0 Å². The molecule has 0 bridgehead atoms. The molecule has 1 N–H and O–H groups in total. The van der Waals surface area contributed by atoms with Gasteiger partial charge in [0, 0.05) is 0 Å². The summed E-state index contributed by atoms with van der Waals surface area (Å²) in [7, 11) is 0. The molecule has 2 amide bonds. The van der Waals surface area contributed by atoms with E-state index in [1.165, 1.54) is 5.01 Å². The van der Waals surface area contributed by atoms with E-state index in [1.54, 1.807) is 0 Å². The average molecular weight is 230 g/mol. The number of hydrogen-bond acceptors (Lipinski definition) is 2. The van der Waals surface area contributed by atoms with Crippen LogP contribution in [0.1, 0.15) is 17.5 Å². The summed E-state index contributed by atoms with van der Waals surface area (Å²) in [5.74, 6) is -0.0792. The van der Waals surface area contributed by atoms with Gasteiger partial charge in [-0.1, -0.05) is 24.3 Å². The number of amides is 2. The molecule has 4 nitrogen and oxygen atoms in total. The summed E-state index contributed by atoms with van der Waals surface area (Å²) >= 11 is 0. The topological polar surface area (TPSA) is 49.4 Å². The standard InChI is InChI=1S/C13H14N2O2/c1-8-4-2-3-5-9(8)7-15-13(17)11-6-10(11)12(16)14-15/h2-5,10-11H,6-7H2,1H3,(H,14,16). The Balaban J connectivity index is 1.79. The van der Waals surface area contributed by atoms with Crippen molar-refractivity contribution in [3.8, 4) is 0 Å². The molecule has 1 aromatic carbocycles. The minimum atomic E-state index is -0.0623. The third kappa shape index (κ3) is 1.69. The van der Waals surface area contributed by atoms with Crippen molar-refractivity contribution in [1.82, 2.24) is 10.4 Å². The lowest BCUT2D eigenvalue weighted by Crippen LogP contribution is -2.51. The Hall–Kier alpha value is -1.84. The van der Waals surface area contributed by atoms with Crippen LogP contribution in [0, 0.1) is 18.8 Å². The highest BCUT2D eigenvalue weighted by Crippen LogP contribution is 2.42. The smallest absolute Gasteiger partial charge is 0.245 e. The van der Waals surface area contributed by atoms with Crippen molar-refractivity contribution in [2.24, 2.45) is 11.8 Å². The van der Waals surface area contributed by atoms with Gasteiger partial charge in [-0.15, -0.1) is 0 Å². The highest BCUT2D eigenvalue weighted by Gasteiger charge is 2.53. The number of benzene rings is 1. The van der Waals surface area contributed by atoms with Gasteiger partial charge in [-0.2, -0.15) is 0 Å². The first-order valence-electron chi connectivity index (χ1n) is 5.83. The van der Waals surface area contributed by atoms with Crippen molar-refractivity contribution < 1.29 is 9.59 Å². The third-order valence-corrected chi connectivity index (χ3v) is 3.55. The zero-order valence-electron chi connectivity index (χ0n) is 9.64. The zero-order valence-corrected chi connectivity index (χ0v) is 9.64. The monoisotopic (exact) mass is 230 g/mol. The van der Waals surface area contributed by atoms with E-state index in [1.807, 2.05) is 31.2 Å². The SMILES string of the molecule is Cc1ccccc1CN1NC(=O)C2CC2C1=O. The molecular formula is C13H14N2O2. The van der Waals surface area contributed by atoms with Gasteiger partial charge in [0.1, 0.15) is 0 Å². The Morgan fingerprint density at radius 1 is 1.29 bits per heavy atom. The first-order valence-corrected chi connectivity index (χ1v) is 5.83. The largest absolute Gasteiger partial charge is 0.273 e. The molecule has 0 aromatic heterocycles. The maximum Gasteiger partial charge on any atom is 0.245 e. The van der Waals surface area contributed by atoms with Gasteiger partial charge in [0.25, 0.3) is 0 Å². The summed E-state index contributed by atoms with van der Waals surface area (Å²) in [4.78, 5) is 23.5. The number of hydrogen-bond donors (Lipinski definition) is 1. The number of rotatable bonds is 2. The van der Waals surface area contributed by atoms with Crippen molar-refractivity contribution in [1.29, 1.82) is 0 Å².